The molecule has 0 unspecified atom stereocenters. The molecular weight excluding hydrogens is 298 g/mol. The summed E-state index contributed by atoms with van der Waals surface area (Å²) in [6, 6.07) is 11.1. The lowest BCUT2D eigenvalue weighted by Crippen LogP contribution is -2.50. The predicted molar refractivity (Wildman–Crippen MR) is 98.0 cm³/mol. The first kappa shape index (κ1) is 17.4. The third-order valence-electron chi connectivity index (χ3n) is 5.58. The number of carbonyl (C=O) groups is 1. The number of nitrogens with zero attached hydrogens (tertiary/aromatic N) is 2. The van der Waals surface area contributed by atoms with Gasteiger partial charge in [-0.25, -0.2) is 0 Å². The Morgan fingerprint density at radius 2 is 1.88 bits per heavy atom. The fourth-order valence-electron chi connectivity index (χ4n) is 4.03. The van der Waals surface area contributed by atoms with Crippen molar-refractivity contribution in [2.75, 3.05) is 39.8 Å². The maximum atomic E-state index is 12.5. The molecule has 3 rings (SSSR count). The van der Waals surface area contributed by atoms with E-state index in [1.54, 1.807) is 0 Å². The van der Waals surface area contributed by atoms with Crippen LogP contribution in [0.5, 0.6) is 0 Å². The molecule has 1 aromatic rings. The third-order valence-corrected chi connectivity index (χ3v) is 5.58. The molecule has 2 heterocycles. The summed E-state index contributed by atoms with van der Waals surface area (Å²) < 4.78 is 0. The van der Waals surface area contributed by atoms with Gasteiger partial charge in [0.2, 0.25) is 5.91 Å². The first-order chi connectivity index (χ1) is 11.7. The van der Waals surface area contributed by atoms with Crippen LogP contribution in [-0.2, 0) is 11.2 Å². The summed E-state index contributed by atoms with van der Waals surface area (Å²) in [7, 11) is 2.20. The normalized spacial score (nSPS) is 24.0. The van der Waals surface area contributed by atoms with Crippen molar-refractivity contribution in [1.82, 2.24) is 15.1 Å². The van der Waals surface area contributed by atoms with E-state index in [-0.39, 0.29) is 11.8 Å². The van der Waals surface area contributed by atoms with Crippen molar-refractivity contribution in [1.29, 1.82) is 0 Å². The van der Waals surface area contributed by atoms with Crippen LogP contribution in [0.3, 0.4) is 0 Å². The molecule has 0 radical (unpaired) electrons. The van der Waals surface area contributed by atoms with Crippen LogP contribution in [0.2, 0.25) is 0 Å². The molecule has 2 saturated heterocycles. The van der Waals surface area contributed by atoms with Crippen LogP contribution in [0, 0.1) is 5.92 Å². The molecule has 1 aromatic carbocycles. The van der Waals surface area contributed by atoms with E-state index in [2.05, 4.69) is 46.4 Å². The van der Waals surface area contributed by atoms with Gasteiger partial charge in [-0.3, -0.25) is 9.69 Å². The molecule has 0 spiro atoms. The van der Waals surface area contributed by atoms with Gasteiger partial charge in [-0.1, -0.05) is 30.3 Å². The summed E-state index contributed by atoms with van der Waals surface area (Å²) in [6.07, 6.45) is 5.61. The quantitative estimate of drug-likeness (QED) is 0.899. The zero-order chi connectivity index (χ0) is 16.8. The summed E-state index contributed by atoms with van der Waals surface area (Å²) in [5.74, 6) is 0.428. The molecule has 2 fully saturated rings. The Labute approximate surface area is 146 Å². The average molecular weight is 329 g/mol. The minimum atomic E-state index is 0.175. The van der Waals surface area contributed by atoms with Gasteiger partial charge in [0.15, 0.2) is 0 Å². The number of amides is 1. The zero-order valence-corrected chi connectivity index (χ0v) is 14.9. The first-order valence-corrected chi connectivity index (χ1v) is 9.46. The second kappa shape index (κ2) is 8.63. The lowest BCUT2D eigenvalue weighted by Gasteiger charge is -2.41. The molecule has 2 aliphatic rings. The Balaban J connectivity index is 1.43. The number of rotatable bonds is 5. The van der Waals surface area contributed by atoms with Gasteiger partial charge < -0.3 is 10.2 Å². The van der Waals surface area contributed by atoms with E-state index in [1.165, 1.54) is 38.0 Å². The molecule has 4 nitrogen and oxygen atoms in total. The average Bonchev–Trinajstić information content (AvgIpc) is 2.63. The highest BCUT2D eigenvalue weighted by molar-refractivity contribution is 5.79. The monoisotopic (exact) mass is 329 g/mol. The molecule has 4 heteroatoms. The third kappa shape index (κ3) is 4.81. The van der Waals surface area contributed by atoms with Crippen molar-refractivity contribution in [3.05, 3.63) is 35.9 Å². The standard InChI is InChI=1S/C20H31N3O/c1-22-14-10-19(11-15-22)23-13-5-8-18(16-23)20(24)21-12-9-17-6-3-2-4-7-17/h2-4,6-7,18-19H,5,8-16H2,1H3,(H,21,24)/t18-/m1/s1. The molecule has 0 aliphatic carbocycles. The van der Waals surface area contributed by atoms with Gasteiger partial charge in [0.05, 0.1) is 5.92 Å². The summed E-state index contributed by atoms with van der Waals surface area (Å²) in [6.45, 7) is 5.24. The number of hydrogen-bond donors (Lipinski definition) is 1. The SMILES string of the molecule is CN1CCC(N2CCC[C@@H](C(=O)NCCc3ccccc3)C2)CC1. The highest BCUT2D eigenvalue weighted by atomic mass is 16.1. The van der Waals surface area contributed by atoms with Crippen LogP contribution < -0.4 is 5.32 Å². The topological polar surface area (TPSA) is 35.6 Å². The summed E-state index contributed by atoms with van der Waals surface area (Å²) in [5.41, 5.74) is 1.29. The minimum absolute atomic E-state index is 0.175. The van der Waals surface area contributed by atoms with Crippen molar-refractivity contribution in [3.8, 4) is 0 Å². The molecule has 0 saturated carbocycles. The lowest BCUT2D eigenvalue weighted by atomic mass is 9.93. The predicted octanol–water partition coefficient (Wildman–Crippen LogP) is 2.15. The fourth-order valence-corrected chi connectivity index (χ4v) is 4.03. The largest absolute Gasteiger partial charge is 0.355 e. The molecule has 2 aliphatic heterocycles. The van der Waals surface area contributed by atoms with E-state index in [4.69, 9.17) is 0 Å². The maximum Gasteiger partial charge on any atom is 0.224 e. The highest BCUT2D eigenvalue weighted by Gasteiger charge is 2.30. The van der Waals surface area contributed by atoms with Crippen LogP contribution in [-0.4, -0.2) is 61.5 Å². The minimum Gasteiger partial charge on any atom is -0.355 e. The fraction of sp³-hybridized carbons (Fsp3) is 0.650. The smallest absolute Gasteiger partial charge is 0.224 e. The van der Waals surface area contributed by atoms with Crippen molar-refractivity contribution >= 4 is 5.91 Å². The van der Waals surface area contributed by atoms with Gasteiger partial charge in [-0.15, -0.1) is 0 Å². The van der Waals surface area contributed by atoms with Crippen molar-refractivity contribution in [3.63, 3.8) is 0 Å². The van der Waals surface area contributed by atoms with Crippen LogP contribution in [0.15, 0.2) is 30.3 Å². The first-order valence-electron chi connectivity index (χ1n) is 9.46. The number of carbonyl (C=O) groups excluding carboxylic acids is 1. The van der Waals surface area contributed by atoms with Crippen molar-refractivity contribution in [2.24, 2.45) is 5.92 Å². The van der Waals surface area contributed by atoms with E-state index in [1.807, 2.05) is 6.07 Å². The van der Waals surface area contributed by atoms with E-state index in [0.29, 0.717) is 6.04 Å². The van der Waals surface area contributed by atoms with Gasteiger partial charge in [0, 0.05) is 19.1 Å². The second-order valence-corrected chi connectivity index (χ2v) is 7.40. The van der Waals surface area contributed by atoms with E-state index >= 15 is 0 Å². The Hall–Kier alpha value is -1.39. The van der Waals surface area contributed by atoms with Crippen molar-refractivity contribution in [2.45, 2.75) is 38.1 Å². The molecule has 1 amide bonds. The van der Waals surface area contributed by atoms with Gasteiger partial charge in [0.1, 0.15) is 0 Å². The zero-order valence-electron chi connectivity index (χ0n) is 14.9. The lowest BCUT2D eigenvalue weighted by molar-refractivity contribution is -0.127. The van der Waals surface area contributed by atoms with Crippen LogP contribution in [0.4, 0.5) is 0 Å². The summed E-state index contributed by atoms with van der Waals surface area (Å²) in [5, 5.41) is 3.16. The van der Waals surface area contributed by atoms with Crippen LogP contribution in [0.25, 0.3) is 0 Å². The number of benzene rings is 1. The molecule has 1 atom stereocenters. The van der Waals surface area contributed by atoms with Gasteiger partial charge >= 0.3 is 0 Å². The molecule has 132 valence electrons. The second-order valence-electron chi connectivity index (χ2n) is 7.40. The molecule has 0 bridgehead atoms. The van der Waals surface area contributed by atoms with Gasteiger partial charge in [-0.05, 0) is 64.3 Å². The van der Waals surface area contributed by atoms with Gasteiger partial charge in [-0.2, -0.15) is 0 Å². The highest BCUT2D eigenvalue weighted by Crippen LogP contribution is 2.23. The van der Waals surface area contributed by atoms with Gasteiger partial charge in [0.25, 0.3) is 0 Å². The number of hydrogen-bond acceptors (Lipinski definition) is 3. The molecular formula is C20H31N3O. The van der Waals surface area contributed by atoms with E-state index in [9.17, 15) is 4.79 Å². The number of likely N-dealkylation sites (tertiary alicyclic amines) is 2. The summed E-state index contributed by atoms with van der Waals surface area (Å²) >= 11 is 0. The Kier molecular flexibility index (Phi) is 6.27. The number of nitrogens with one attached hydrogen (secondary N) is 1. The molecule has 0 aromatic heterocycles. The maximum absolute atomic E-state index is 12.5. The number of piperidine rings is 2. The Morgan fingerprint density at radius 1 is 1.12 bits per heavy atom. The summed E-state index contributed by atoms with van der Waals surface area (Å²) in [4.78, 5) is 17.5. The van der Waals surface area contributed by atoms with E-state index in [0.717, 1.165) is 32.4 Å². The van der Waals surface area contributed by atoms with E-state index < -0.39 is 0 Å². The molecule has 24 heavy (non-hydrogen) atoms. The van der Waals surface area contributed by atoms with Crippen LogP contribution in [0.1, 0.15) is 31.2 Å². The molecule has 1 N–H and O–H groups in total. The Bertz CT molecular complexity index is 511. The van der Waals surface area contributed by atoms with Crippen LogP contribution >= 0.6 is 0 Å². The Morgan fingerprint density at radius 3 is 2.62 bits per heavy atom. The van der Waals surface area contributed by atoms with Crippen molar-refractivity contribution < 1.29 is 4.79 Å².